The van der Waals surface area contributed by atoms with Crippen LogP contribution in [0.25, 0.3) is 0 Å². The highest BCUT2D eigenvalue weighted by molar-refractivity contribution is 5.64. The summed E-state index contributed by atoms with van der Waals surface area (Å²) in [6.07, 6.45) is 5.10. The van der Waals surface area contributed by atoms with Gasteiger partial charge in [-0.3, -0.25) is 4.90 Å². The lowest BCUT2D eigenvalue weighted by molar-refractivity contribution is -0.319. The molecule has 2 spiro atoms. The molecular formula is C29H41NO5. The van der Waals surface area contributed by atoms with Crippen LogP contribution in [0.5, 0.6) is 11.5 Å². The molecule has 5 aliphatic carbocycles. The molecule has 0 aromatic heterocycles. The van der Waals surface area contributed by atoms with Gasteiger partial charge in [0.25, 0.3) is 0 Å². The van der Waals surface area contributed by atoms with Crippen molar-refractivity contribution < 1.29 is 24.8 Å². The smallest absolute Gasteiger partial charge is 0.165 e. The molecule has 0 radical (unpaired) electrons. The number of ether oxygens (including phenoxy) is 2. The molecule has 0 amide bonds. The van der Waals surface area contributed by atoms with E-state index in [9.17, 15) is 15.3 Å². The molecule has 2 unspecified atom stereocenters. The second kappa shape index (κ2) is 6.56. The van der Waals surface area contributed by atoms with E-state index in [-0.39, 0.29) is 40.1 Å². The number of aliphatic hydroxyl groups is 2. The average Bonchev–Trinajstić information content (AvgIpc) is 3.54. The van der Waals surface area contributed by atoms with Crippen molar-refractivity contribution in [3.63, 3.8) is 0 Å². The Bertz CT molecular complexity index is 1090. The molecule has 4 saturated carbocycles. The van der Waals surface area contributed by atoms with Crippen LogP contribution in [0, 0.1) is 22.7 Å². The Hall–Kier alpha value is -1.34. The van der Waals surface area contributed by atoms with E-state index in [1.807, 2.05) is 13.0 Å². The quantitative estimate of drug-likeness (QED) is 0.603. The summed E-state index contributed by atoms with van der Waals surface area (Å²) >= 11 is 0. The summed E-state index contributed by atoms with van der Waals surface area (Å²) in [5, 5.41) is 35.2. The van der Waals surface area contributed by atoms with Gasteiger partial charge in [0, 0.05) is 42.0 Å². The topological polar surface area (TPSA) is 82.4 Å². The van der Waals surface area contributed by atoms with E-state index < -0.39 is 17.3 Å². The second-order valence-electron chi connectivity index (χ2n) is 13.9. The van der Waals surface area contributed by atoms with Crippen LogP contribution in [0.1, 0.15) is 83.5 Å². The number of nitrogens with zero attached hydrogens (tertiary/aromatic N) is 1. The summed E-state index contributed by atoms with van der Waals surface area (Å²) < 4.78 is 13.4. The van der Waals surface area contributed by atoms with Crippen molar-refractivity contribution in [2.75, 3.05) is 20.2 Å². The SMILES string of the molecule is CO[C@]12CC[C@@]3(C[C@@H]1C(C)(O)C(C)(C)C)[C@H]1C(O)c4ccc(O)c5c4[C@@]3(CCN1CC1CC1)[C@H]2O5. The molecule has 7 aliphatic rings. The number of phenols is 1. The van der Waals surface area contributed by atoms with Crippen molar-refractivity contribution in [3.05, 3.63) is 23.3 Å². The maximum atomic E-state index is 12.2. The average molecular weight is 484 g/mol. The van der Waals surface area contributed by atoms with E-state index in [0.29, 0.717) is 5.75 Å². The molecule has 1 saturated heterocycles. The first-order valence-corrected chi connectivity index (χ1v) is 13.7. The van der Waals surface area contributed by atoms with Crippen LogP contribution in [-0.2, 0) is 10.2 Å². The van der Waals surface area contributed by atoms with Gasteiger partial charge in [0.2, 0.25) is 0 Å². The summed E-state index contributed by atoms with van der Waals surface area (Å²) in [5.41, 5.74) is -0.623. The zero-order valence-corrected chi connectivity index (χ0v) is 21.8. The molecule has 4 bridgehead atoms. The number of hydrogen-bond acceptors (Lipinski definition) is 6. The van der Waals surface area contributed by atoms with Gasteiger partial charge in [-0.05, 0) is 75.0 Å². The lowest BCUT2D eigenvalue weighted by atomic mass is 9.33. The van der Waals surface area contributed by atoms with E-state index in [1.165, 1.54) is 12.8 Å². The summed E-state index contributed by atoms with van der Waals surface area (Å²) in [5.74, 6) is 1.28. The lowest BCUT2D eigenvalue weighted by Gasteiger charge is -2.76. The molecule has 1 aromatic rings. The summed E-state index contributed by atoms with van der Waals surface area (Å²) in [6.45, 7) is 10.3. The highest BCUT2D eigenvalue weighted by Gasteiger charge is 2.83. The van der Waals surface area contributed by atoms with Crippen molar-refractivity contribution in [3.8, 4) is 11.5 Å². The fourth-order valence-corrected chi connectivity index (χ4v) is 9.64. The third-order valence-electron chi connectivity index (χ3n) is 11.9. The Balaban J connectivity index is 1.50. The second-order valence-corrected chi connectivity index (χ2v) is 13.9. The summed E-state index contributed by atoms with van der Waals surface area (Å²) in [4.78, 5) is 2.59. The Morgan fingerprint density at radius 2 is 1.89 bits per heavy atom. The van der Waals surface area contributed by atoms with Gasteiger partial charge in [-0.1, -0.05) is 26.8 Å². The Morgan fingerprint density at radius 3 is 2.54 bits per heavy atom. The van der Waals surface area contributed by atoms with E-state index in [4.69, 9.17) is 9.47 Å². The number of rotatable bonds is 4. The number of hydrogen-bond donors (Lipinski definition) is 3. The first-order valence-electron chi connectivity index (χ1n) is 13.7. The number of phenolic OH excluding ortho intramolecular Hbond substituents is 1. The zero-order valence-electron chi connectivity index (χ0n) is 21.8. The minimum atomic E-state index is -1.00. The van der Waals surface area contributed by atoms with Crippen molar-refractivity contribution in [1.82, 2.24) is 4.90 Å². The van der Waals surface area contributed by atoms with E-state index in [1.54, 1.807) is 13.2 Å². The molecule has 2 heterocycles. The first kappa shape index (κ1) is 22.8. The fourth-order valence-electron chi connectivity index (χ4n) is 9.64. The Kier molecular flexibility index (Phi) is 4.28. The number of aliphatic hydroxyl groups excluding tert-OH is 1. The van der Waals surface area contributed by atoms with Gasteiger partial charge < -0.3 is 24.8 Å². The van der Waals surface area contributed by atoms with Gasteiger partial charge in [-0.2, -0.15) is 0 Å². The van der Waals surface area contributed by atoms with Crippen LogP contribution in [0.2, 0.25) is 0 Å². The molecule has 192 valence electrons. The van der Waals surface area contributed by atoms with Gasteiger partial charge in [0.15, 0.2) is 11.5 Å². The van der Waals surface area contributed by atoms with Crippen molar-refractivity contribution >= 4 is 0 Å². The lowest BCUT2D eigenvalue weighted by Crippen LogP contribution is -2.83. The molecule has 6 heteroatoms. The van der Waals surface area contributed by atoms with Gasteiger partial charge in [0.05, 0.1) is 11.7 Å². The van der Waals surface area contributed by atoms with Crippen LogP contribution in [0.3, 0.4) is 0 Å². The maximum Gasteiger partial charge on any atom is 0.165 e. The molecule has 3 N–H and O–H groups in total. The molecule has 2 aliphatic heterocycles. The molecule has 6 nitrogen and oxygen atoms in total. The largest absolute Gasteiger partial charge is 0.504 e. The van der Waals surface area contributed by atoms with Crippen LogP contribution >= 0.6 is 0 Å². The minimum absolute atomic E-state index is 0.0145. The minimum Gasteiger partial charge on any atom is -0.504 e. The predicted molar refractivity (Wildman–Crippen MR) is 131 cm³/mol. The molecule has 35 heavy (non-hydrogen) atoms. The van der Waals surface area contributed by atoms with Crippen LogP contribution in [0.4, 0.5) is 0 Å². The number of aromatic hydroxyl groups is 1. The Labute approximate surface area is 208 Å². The van der Waals surface area contributed by atoms with Gasteiger partial charge >= 0.3 is 0 Å². The van der Waals surface area contributed by atoms with E-state index in [2.05, 4.69) is 25.7 Å². The third-order valence-corrected chi connectivity index (χ3v) is 11.9. The van der Waals surface area contributed by atoms with Crippen molar-refractivity contribution in [1.29, 1.82) is 0 Å². The zero-order chi connectivity index (χ0) is 24.8. The van der Waals surface area contributed by atoms with Gasteiger partial charge in [-0.15, -0.1) is 0 Å². The standard InChI is InChI=1S/C29H41NO5/c1-25(2,3)26(4,33)19-14-27-10-11-29(19,34-5)24-28(27)12-13-30(15-16-6-7-16)23(27)21(32)17-8-9-18(31)22(35-24)20(17)28/h8-9,16,19,21,23-24,31-33H,6-7,10-15H2,1-5H3/t19-,21?,23-,24-,26?,27-,28+,29-/m1/s1. The highest BCUT2D eigenvalue weighted by Crippen LogP contribution is 2.79. The monoisotopic (exact) mass is 483 g/mol. The fraction of sp³-hybridized carbons (Fsp3) is 0.793. The molecular weight excluding hydrogens is 442 g/mol. The van der Waals surface area contributed by atoms with Crippen LogP contribution in [-0.4, -0.2) is 63.8 Å². The van der Waals surface area contributed by atoms with Gasteiger partial charge in [0.1, 0.15) is 11.7 Å². The highest BCUT2D eigenvalue weighted by atomic mass is 16.6. The molecule has 5 fully saturated rings. The summed E-state index contributed by atoms with van der Waals surface area (Å²) in [7, 11) is 1.78. The number of benzene rings is 1. The van der Waals surface area contributed by atoms with Crippen LogP contribution < -0.4 is 4.74 Å². The normalized spacial score (nSPS) is 45.1. The third kappa shape index (κ3) is 2.38. The number of likely N-dealkylation sites (tertiary alicyclic amines) is 1. The molecule has 1 aromatic carbocycles. The van der Waals surface area contributed by atoms with Crippen molar-refractivity contribution in [2.45, 2.75) is 101 Å². The number of fused-ring (bicyclic) bond motifs is 2. The van der Waals surface area contributed by atoms with E-state index in [0.717, 1.165) is 55.8 Å². The maximum absolute atomic E-state index is 12.2. The van der Waals surface area contributed by atoms with Crippen LogP contribution in [0.15, 0.2) is 12.1 Å². The Morgan fingerprint density at radius 1 is 1.14 bits per heavy atom. The first-order chi connectivity index (χ1) is 16.4. The number of methoxy groups -OCH3 is 1. The van der Waals surface area contributed by atoms with E-state index >= 15 is 0 Å². The number of piperidine rings is 1. The van der Waals surface area contributed by atoms with Crippen molar-refractivity contribution in [2.24, 2.45) is 22.7 Å². The molecule has 8 atom stereocenters. The predicted octanol–water partition coefficient (Wildman–Crippen LogP) is 3.90. The van der Waals surface area contributed by atoms with Gasteiger partial charge in [-0.25, -0.2) is 0 Å². The summed E-state index contributed by atoms with van der Waals surface area (Å²) in [6, 6.07) is 3.60. The molecule has 8 rings (SSSR count).